The third-order valence-corrected chi connectivity index (χ3v) is 8.97. The molecule has 3 aliphatic rings. The molecule has 2 N–H and O–H groups in total. The van der Waals surface area contributed by atoms with Crippen LogP contribution in [-0.4, -0.2) is 45.9 Å². The van der Waals surface area contributed by atoms with E-state index in [-0.39, 0.29) is 29.3 Å². The van der Waals surface area contributed by atoms with Gasteiger partial charge in [-0.05, 0) is 88.1 Å². The summed E-state index contributed by atoms with van der Waals surface area (Å²) in [5.41, 5.74) is 6.13. The summed E-state index contributed by atoms with van der Waals surface area (Å²) >= 11 is 0. The van der Waals surface area contributed by atoms with Crippen LogP contribution in [0.1, 0.15) is 89.8 Å². The number of carbonyl (C=O) groups is 2. The topological polar surface area (TPSA) is 94.7 Å². The standard InChI is InChI=1S/C35H44FN3O4/c1-24(2)42-35(19-15-26(16-20-35)25-11-6-5-7-12-25)39(31(40)28-21-27(28)29-13-10-14-30(36)38-29)23-34(17-8-9-18-34)22-33(3,4)43-32(37)41/h5-7,10-16,19,24,27-28H,8-9,17-18,20-23H2,1-4H3,(H2,37,41)/t27-,28-,35?/m1/s1. The molecular weight excluding hydrogens is 545 g/mol. The van der Waals surface area contributed by atoms with Gasteiger partial charge in [0.1, 0.15) is 5.60 Å². The molecule has 3 atom stereocenters. The Balaban J connectivity index is 1.51. The van der Waals surface area contributed by atoms with Crippen LogP contribution in [0.5, 0.6) is 0 Å². The van der Waals surface area contributed by atoms with E-state index < -0.39 is 23.4 Å². The zero-order valence-corrected chi connectivity index (χ0v) is 25.7. The number of halogens is 1. The van der Waals surface area contributed by atoms with Crippen molar-refractivity contribution in [1.82, 2.24) is 9.88 Å². The van der Waals surface area contributed by atoms with E-state index in [0.29, 0.717) is 31.5 Å². The molecular formula is C35H44FN3O4. The van der Waals surface area contributed by atoms with Crippen molar-refractivity contribution in [2.45, 2.75) is 96.0 Å². The van der Waals surface area contributed by atoms with E-state index in [9.17, 15) is 14.0 Å². The molecule has 5 rings (SSSR count). The van der Waals surface area contributed by atoms with Crippen LogP contribution in [0.3, 0.4) is 0 Å². The van der Waals surface area contributed by atoms with Crippen molar-refractivity contribution in [2.75, 3.05) is 6.54 Å². The Hall–Kier alpha value is -3.52. The van der Waals surface area contributed by atoms with Crippen LogP contribution in [0.4, 0.5) is 9.18 Å². The first-order chi connectivity index (χ1) is 20.4. The average molecular weight is 590 g/mol. The highest BCUT2D eigenvalue weighted by Gasteiger charge is 2.54. The monoisotopic (exact) mass is 589 g/mol. The van der Waals surface area contributed by atoms with Crippen molar-refractivity contribution < 1.29 is 23.5 Å². The number of ether oxygens (including phenoxy) is 2. The lowest BCUT2D eigenvalue weighted by Crippen LogP contribution is -2.58. The summed E-state index contributed by atoms with van der Waals surface area (Å²) in [7, 11) is 0. The highest BCUT2D eigenvalue weighted by atomic mass is 19.1. The highest BCUT2D eigenvalue weighted by molar-refractivity contribution is 5.84. The minimum Gasteiger partial charge on any atom is -0.444 e. The van der Waals surface area contributed by atoms with Crippen molar-refractivity contribution in [1.29, 1.82) is 0 Å². The van der Waals surface area contributed by atoms with Gasteiger partial charge in [0.05, 0.1) is 6.10 Å². The van der Waals surface area contributed by atoms with Gasteiger partial charge in [-0.25, -0.2) is 9.78 Å². The number of carbonyl (C=O) groups excluding carboxylic acids is 2. The van der Waals surface area contributed by atoms with Crippen molar-refractivity contribution in [3.05, 3.63) is 84.0 Å². The molecule has 2 amide bonds. The Bertz CT molecular complexity index is 1380. The smallest absolute Gasteiger partial charge is 0.405 e. The second-order valence-electron chi connectivity index (χ2n) is 13.4. The van der Waals surface area contributed by atoms with Crippen molar-refractivity contribution in [3.8, 4) is 0 Å². The SMILES string of the molecule is CC(C)OC1(N(CC2(CC(C)(C)OC(N)=O)CCCC2)C(=O)[C@@H]2C[C@H]2c2cccc(F)n2)C=CC(c2ccccc2)=CC1. The molecule has 0 radical (unpaired) electrons. The molecule has 2 aromatic rings. The summed E-state index contributed by atoms with van der Waals surface area (Å²) in [4.78, 5) is 32.4. The molecule has 1 unspecified atom stereocenters. The summed E-state index contributed by atoms with van der Waals surface area (Å²) in [6.07, 6.45) is 10.8. The Kier molecular flexibility index (Phi) is 8.80. The maximum atomic E-state index is 14.6. The number of hydrogen-bond acceptors (Lipinski definition) is 5. The average Bonchev–Trinajstić information content (AvgIpc) is 3.63. The molecule has 0 spiro atoms. The van der Waals surface area contributed by atoms with E-state index in [2.05, 4.69) is 29.3 Å². The van der Waals surface area contributed by atoms with Crippen LogP contribution >= 0.6 is 0 Å². The Labute approximate surface area is 254 Å². The molecule has 2 saturated carbocycles. The number of primary amides is 1. The van der Waals surface area contributed by atoms with E-state index in [1.807, 2.05) is 56.9 Å². The Morgan fingerprint density at radius 1 is 1.12 bits per heavy atom. The predicted octanol–water partition coefficient (Wildman–Crippen LogP) is 7.14. The zero-order valence-electron chi connectivity index (χ0n) is 25.7. The van der Waals surface area contributed by atoms with Crippen LogP contribution in [-0.2, 0) is 14.3 Å². The number of rotatable bonds is 11. The van der Waals surface area contributed by atoms with Crippen LogP contribution in [0.15, 0.2) is 66.8 Å². The second-order valence-corrected chi connectivity index (χ2v) is 13.4. The second kappa shape index (κ2) is 12.2. The maximum Gasteiger partial charge on any atom is 0.405 e. The number of aromatic nitrogens is 1. The molecule has 7 nitrogen and oxygen atoms in total. The fourth-order valence-corrected chi connectivity index (χ4v) is 7.30. The molecule has 1 heterocycles. The number of hydrogen-bond donors (Lipinski definition) is 1. The predicted molar refractivity (Wildman–Crippen MR) is 164 cm³/mol. The van der Waals surface area contributed by atoms with E-state index in [0.717, 1.165) is 36.8 Å². The van der Waals surface area contributed by atoms with Gasteiger partial charge in [-0.15, -0.1) is 0 Å². The van der Waals surface area contributed by atoms with Gasteiger partial charge in [0, 0.05) is 30.5 Å². The number of nitrogens with two attached hydrogens (primary N) is 1. The van der Waals surface area contributed by atoms with Gasteiger partial charge < -0.3 is 20.1 Å². The molecule has 230 valence electrons. The number of pyridine rings is 1. The van der Waals surface area contributed by atoms with Gasteiger partial charge >= 0.3 is 6.09 Å². The van der Waals surface area contributed by atoms with E-state index >= 15 is 0 Å². The molecule has 0 aliphatic heterocycles. The first-order valence-corrected chi connectivity index (χ1v) is 15.5. The first-order valence-electron chi connectivity index (χ1n) is 15.5. The lowest BCUT2D eigenvalue weighted by molar-refractivity contribution is -0.180. The third-order valence-electron chi connectivity index (χ3n) is 8.97. The Morgan fingerprint density at radius 3 is 2.44 bits per heavy atom. The normalized spacial score (nSPS) is 24.5. The summed E-state index contributed by atoms with van der Waals surface area (Å²) < 4.78 is 26.3. The summed E-state index contributed by atoms with van der Waals surface area (Å²) in [5, 5.41) is 0. The fraction of sp³-hybridized carbons (Fsp3) is 0.514. The highest BCUT2D eigenvalue weighted by Crippen LogP contribution is 2.52. The van der Waals surface area contributed by atoms with Gasteiger partial charge in [0.15, 0.2) is 5.72 Å². The summed E-state index contributed by atoms with van der Waals surface area (Å²) in [5.74, 6) is -1.01. The molecule has 2 fully saturated rings. The zero-order chi connectivity index (χ0) is 30.8. The molecule has 1 aromatic heterocycles. The van der Waals surface area contributed by atoms with Crippen LogP contribution in [0, 0.1) is 17.3 Å². The number of nitrogens with zero attached hydrogens (tertiary/aromatic N) is 2. The van der Waals surface area contributed by atoms with E-state index in [1.165, 1.54) is 6.07 Å². The number of amides is 2. The van der Waals surface area contributed by atoms with Gasteiger partial charge in [0.25, 0.3) is 0 Å². The lowest BCUT2D eigenvalue weighted by atomic mass is 9.75. The third kappa shape index (κ3) is 7.18. The molecule has 3 aliphatic carbocycles. The minimum absolute atomic E-state index is 0.0159. The van der Waals surface area contributed by atoms with Crippen LogP contribution < -0.4 is 5.73 Å². The quantitative estimate of drug-likeness (QED) is 0.222. The molecule has 0 saturated heterocycles. The summed E-state index contributed by atoms with van der Waals surface area (Å²) in [6.45, 7) is 8.18. The van der Waals surface area contributed by atoms with E-state index in [4.69, 9.17) is 15.2 Å². The van der Waals surface area contributed by atoms with Crippen molar-refractivity contribution in [3.63, 3.8) is 0 Å². The van der Waals surface area contributed by atoms with E-state index in [1.54, 1.807) is 12.1 Å². The van der Waals surface area contributed by atoms with Crippen LogP contribution in [0.2, 0.25) is 0 Å². The lowest BCUT2D eigenvalue weighted by Gasteiger charge is -2.49. The molecule has 0 bridgehead atoms. The number of allylic oxidation sites excluding steroid dienone is 2. The maximum absolute atomic E-state index is 14.6. The largest absolute Gasteiger partial charge is 0.444 e. The van der Waals surface area contributed by atoms with Gasteiger partial charge in [0.2, 0.25) is 11.9 Å². The van der Waals surface area contributed by atoms with Crippen LogP contribution in [0.25, 0.3) is 5.57 Å². The Morgan fingerprint density at radius 2 is 1.84 bits per heavy atom. The van der Waals surface area contributed by atoms with Gasteiger partial charge in [-0.1, -0.05) is 61.4 Å². The van der Waals surface area contributed by atoms with Crippen molar-refractivity contribution >= 4 is 17.6 Å². The van der Waals surface area contributed by atoms with Gasteiger partial charge in [-0.3, -0.25) is 4.79 Å². The van der Waals surface area contributed by atoms with Gasteiger partial charge in [-0.2, -0.15) is 4.39 Å². The molecule has 1 aromatic carbocycles. The summed E-state index contributed by atoms with van der Waals surface area (Å²) in [6, 6.07) is 14.9. The fourth-order valence-electron chi connectivity index (χ4n) is 7.30. The first kappa shape index (κ1) is 30.9. The molecule has 43 heavy (non-hydrogen) atoms. The van der Waals surface area contributed by atoms with Crippen molar-refractivity contribution in [2.24, 2.45) is 17.1 Å². The number of benzene rings is 1. The minimum atomic E-state index is -1.00. The molecule has 8 heteroatoms.